The van der Waals surface area contributed by atoms with Crippen LogP contribution in [0.1, 0.15) is 58.5 Å². The van der Waals surface area contributed by atoms with Gasteiger partial charge in [0.25, 0.3) is 0 Å². The van der Waals surface area contributed by atoms with Gasteiger partial charge in [0.1, 0.15) is 0 Å². The van der Waals surface area contributed by atoms with Crippen molar-refractivity contribution in [1.29, 1.82) is 0 Å². The molecule has 0 heterocycles. The maximum atomic E-state index is 12.8. The van der Waals surface area contributed by atoms with Gasteiger partial charge < -0.3 is 0 Å². The first kappa shape index (κ1) is 16.5. The summed E-state index contributed by atoms with van der Waals surface area (Å²) >= 11 is 0. The van der Waals surface area contributed by atoms with Gasteiger partial charge in [-0.3, -0.25) is 9.59 Å². The Morgan fingerprint density at radius 3 is 1.77 bits per heavy atom. The van der Waals surface area contributed by atoms with Gasteiger partial charge >= 0.3 is 0 Å². The van der Waals surface area contributed by atoms with Gasteiger partial charge in [-0.25, -0.2) is 0 Å². The molecule has 0 saturated heterocycles. The van der Waals surface area contributed by atoms with Crippen molar-refractivity contribution in [3.8, 4) is 0 Å². The highest BCUT2D eigenvalue weighted by atomic mass is 16.1. The molecule has 0 radical (unpaired) electrons. The number of carbonyl (C=O) groups excluding carboxylic acids is 2. The summed E-state index contributed by atoms with van der Waals surface area (Å²) in [4.78, 5) is 25.4. The Kier molecular flexibility index (Phi) is 4.04. The van der Waals surface area contributed by atoms with E-state index >= 15 is 0 Å². The van der Waals surface area contributed by atoms with Crippen LogP contribution < -0.4 is 0 Å². The van der Waals surface area contributed by atoms with E-state index < -0.39 is 0 Å². The predicted molar refractivity (Wildman–Crippen MR) is 105 cm³/mol. The second kappa shape index (κ2) is 6.38. The minimum absolute atomic E-state index is 0.0721. The average molecular weight is 340 g/mol. The Balaban J connectivity index is 2.06. The zero-order valence-corrected chi connectivity index (χ0v) is 15.0. The zero-order valence-electron chi connectivity index (χ0n) is 15.0. The molecule has 0 unspecified atom stereocenters. The van der Waals surface area contributed by atoms with Gasteiger partial charge in [0.2, 0.25) is 0 Å². The molecule has 0 amide bonds. The predicted octanol–water partition coefficient (Wildman–Crippen LogP) is 5.66. The molecule has 0 bridgehead atoms. The number of carbonyl (C=O) groups is 2. The van der Waals surface area contributed by atoms with Crippen LogP contribution in [-0.4, -0.2) is 11.6 Å². The monoisotopic (exact) mass is 340 g/mol. The van der Waals surface area contributed by atoms with E-state index in [2.05, 4.69) is 6.92 Å². The van der Waals surface area contributed by atoms with Gasteiger partial charge in [0.05, 0.1) is 0 Å². The number of ketones is 2. The molecule has 0 atom stereocenters. The molecule has 26 heavy (non-hydrogen) atoms. The van der Waals surface area contributed by atoms with Crippen molar-refractivity contribution in [2.45, 2.75) is 26.7 Å². The lowest BCUT2D eigenvalue weighted by Crippen LogP contribution is -2.15. The van der Waals surface area contributed by atoms with Crippen LogP contribution in [0.3, 0.4) is 0 Å². The van der Waals surface area contributed by atoms with E-state index in [-0.39, 0.29) is 11.6 Å². The summed E-state index contributed by atoms with van der Waals surface area (Å²) in [6, 6.07) is 15.5. The number of Topliss-reactive ketones (excluding diaryl/α,β-unsaturated/α-hetero) is 2. The van der Waals surface area contributed by atoms with E-state index in [4.69, 9.17) is 0 Å². The molecule has 2 heteroatoms. The minimum atomic E-state index is 0.0721. The maximum Gasteiger partial charge on any atom is 0.189 e. The molecule has 0 aromatic heterocycles. The lowest BCUT2D eigenvalue weighted by Gasteiger charge is -2.24. The van der Waals surface area contributed by atoms with Crippen molar-refractivity contribution in [3.63, 3.8) is 0 Å². The summed E-state index contributed by atoms with van der Waals surface area (Å²) in [7, 11) is 0. The van der Waals surface area contributed by atoms with Crippen LogP contribution in [0, 0.1) is 0 Å². The minimum Gasteiger partial charge on any atom is -0.289 e. The molecule has 4 rings (SSSR count). The van der Waals surface area contributed by atoms with Crippen molar-refractivity contribution in [2.75, 3.05) is 0 Å². The quantitative estimate of drug-likeness (QED) is 0.706. The fraction of sp³-hybridized carbons (Fsp3) is 0.167. The highest BCUT2D eigenvalue weighted by Gasteiger charge is 2.27. The molecule has 0 fully saturated rings. The molecule has 2 aliphatic carbocycles. The lowest BCUT2D eigenvalue weighted by molar-refractivity contribution is 0.102. The van der Waals surface area contributed by atoms with Crippen LogP contribution in [0.4, 0.5) is 0 Å². The Hall–Kier alpha value is -3.00. The van der Waals surface area contributed by atoms with Crippen LogP contribution in [0.15, 0.2) is 71.8 Å². The van der Waals surface area contributed by atoms with Gasteiger partial charge in [-0.15, -0.1) is 0 Å². The second-order valence-corrected chi connectivity index (χ2v) is 6.82. The summed E-state index contributed by atoms with van der Waals surface area (Å²) < 4.78 is 0. The number of benzene rings is 2. The second-order valence-electron chi connectivity index (χ2n) is 6.82. The number of hydrogen-bond donors (Lipinski definition) is 0. The maximum absolute atomic E-state index is 12.8. The third-order valence-corrected chi connectivity index (χ3v) is 5.06. The molecule has 2 nitrogen and oxygen atoms in total. The molecule has 0 N–H and O–H groups in total. The third-order valence-electron chi connectivity index (χ3n) is 5.06. The van der Waals surface area contributed by atoms with E-state index in [1.54, 1.807) is 0 Å². The molecule has 2 aromatic rings. The first-order valence-electron chi connectivity index (χ1n) is 9.03. The van der Waals surface area contributed by atoms with Crippen molar-refractivity contribution in [1.82, 2.24) is 0 Å². The van der Waals surface area contributed by atoms with Crippen LogP contribution in [0.5, 0.6) is 0 Å². The van der Waals surface area contributed by atoms with E-state index in [0.29, 0.717) is 0 Å². The summed E-state index contributed by atoms with van der Waals surface area (Å²) in [5.41, 5.74) is 6.99. The summed E-state index contributed by atoms with van der Waals surface area (Å²) in [6.07, 6.45) is 5.67. The Labute approximate surface area is 153 Å². The number of allylic oxidation sites excluding steroid dienone is 6. The van der Waals surface area contributed by atoms with Crippen LogP contribution in [-0.2, 0) is 0 Å². The van der Waals surface area contributed by atoms with E-state index in [1.165, 1.54) is 0 Å². The van der Waals surface area contributed by atoms with E-state index in [1.807, 2.05) is 67.6 Å². The van der Waals surface area contributed by atoms with Gasteiger partial charge in [0.15, 0.2) is 11.6 Å². The van der Waals surface area contributed by atoms with Gasteiger partial charge in [-0.1, -0.05) is 61.9 Å². The Morgan fingerprint density at radius 1 is 0.692 bits per heavy atom. The lowest BCUT2D eigenvalue weighted by atomic mass is 9.78. The number of fused-ring (bicyclic) bond motifs is 2. The number of rotatable bonds is 2. The molecule has 0 saturated carbocycles. The largest absolute Gasteiger partial charge is 0.289 e. The van der Waals surface area contributed by atoms with Crippen molar-refractivity contribution in [2.24, 2.45) is 0 Å². The fourth-order valence-electron chi connectivity index (χ4n) is 3.80. The molecule has 2 aliphatic rings. The molecule has 0 spiro atoms. The molecular formula is C24H20O2. The smallest absolute Gasteiger partial charge is 0.189 e. The first-order valence-corrected chi connectivity index (χ1v) is 9.03. The van der Waals surface area contributed by atoms with Crippen molar-refractivity contribution < 1.29 is 9.59 Å². The molecular weight excluding hydrogens is 320 g/mol. The van der Waals surface area contributed by atoms with E-state index in [9.17, 15) is 9.59 Å². The molecule has 128 valence electrons. The molecule has 2 aromatic carbocycles. The van der Waals surface area contributed by atoms with Crippen LogP contribution in [0.25, 0.3) is 11.1 Å². The van der Waals surface area contributed by atoms with Crippen LogP contribution >= 0.6 is 0 Å². The summed E-state index contributed by atoms with van der Waals surface area (Å²) in [6.45, 7) is 3.94. The topological polar surface area (TPSA) is 34.1 Å². The van der Waals surface area contributed by atoms with Crippen molar-refractivity contribution in [3.05, 3.63) is 94.1 Å². The van der Waals surface area contributed by atoms with Crippen LogP contribution in [0.2, 0.25) is 0 Å². The standard InChI is InChI=1S/C24H20O2/c1-3-8-16-14-22(18-10-5-7-12-20(18)24(16)26)21-13-15(2)23(25)19-11-6-4-9-17(19)21/h4-7,9-14H,3,8H2,1-2H3/b22-21+. The first-order chi connectivity index (χ1) is 12.6. The fourth-order valence-corrected chi connectivity index (χ4v) is 3.80. The average Bonchev–Trinajstić information content (AvgIpc) is 2.67. The highest BCUT2D eigenvalue weighted by molar-refractivity contribution is 6.23. The Bertz CT molecular complexity index is 1030. The van der Waals surface area contributed by atoms with E-state index in [0.717, 1.165) is 57.4 Å². The molecule has 0 aliphatic heterocycles. The van der Waals surface area contributed by atoms with Gasteiger partial charge in [-0.05, 0) is 53.3 Å². The summed E-state index contributed by atoms with van der Waals surface area (Å²) in [5.74, 6) is 0.190. The highest BCUT2D eigenvalue weighted by Crippen LogP contribution is 2.40. The third kappa shape index (κ3) is 2.50. The van der Waals surface area contributed by atoms with Crippen molar-refractivity contribution >= 4 is 22.7 Å². The van der Waals surface area contributed by atoms with Gasteiger partial charge in [0, 0.05) is 16.7 Å². The van der Waals surface area contributed by atoms with Gasteiger partial charge in [-0.2, -0.15) is 0 Å². The normalized spacial score (nSPS) is 18.8. The number of hydrogen-bond acceptors (Lipinski definition) is 2. The zero-order chi connectivity index (χ0) is 18.3. The Morgan fingerprint density at radius 2 is 1.19 bits per heavy atom. The SMILES string of the molecule is CCCC1=C/C(=C2/C=C(C)C(=O)c3ccccc32)c2ccccc2C1=O. The summed E-state index contributed by atoms with van der Waals surface area (Å²) in [5, 5.41) is 0.